The first-order chi connectivity index (χ1) is 8.81. The van der Waals surface area contributed by atoms with Crippen molar-refractivity contribution in [1.29, 1.82) is 0 Å². The molecule has 0 aliphatic rings. The van der Waals surface area contributed by atoms with Crippen LogP contribution in [0.15, 0.2) is 24.3 Å². The molecule has 0 heterocycles. The fourth-order valence-electron chi connectivity index (χ4n) is 1.68. The van der Waals surface area contributed by atoms with Gasteiger partial charge in [0.15, 0.2) is 0 Å². The summed E-state index contributed by atoms with van der Waals surface area (Å²) < 4.78 is 5.07. The lowest BCUT2D eigenvalue weighted by Crippen LogP contribution is -2.03. The predicted octanol–water partition coefficient (Wildman–Crippen LogP) is 4.80. The van der Waals surface area contributed by atoms with Crippen LogP contribution < -0.4 is 0 Å². The lowest BCUT2D eigenvalue weighted by Gasteiger charge is -2.02. The van der Waals surface area contributed by atoms with Gasteiger partial charge in [0, 0.05) is 6.42 Å². The Morgan fingerprint density at radius 2 is 1.67 bits per heavy atom. The molecule has 0 spiro atoms. The number of hydrogen-bond acceptors (Lipinski definition) is 2. The van der Waals surface area contributed by atoms with Crippen LogP contribution in [0.2, 0.25) is 0 Å². The van der Waals surface area contributed by atoms with E-state index in [0.29, 0.717) is 13.0 Å². The highest BCUT2D eigenvalue weighted by molar-refractivity contribution is 5.69. The van der Waals surface area contributed by atoms with E-state index >= 15 is 0 Å². The number of hydrogen-bond donors (Lipinski definition) is 0. The van der Waals surface area contributed by atoms with E-state index in [1.54, 1.807) is 0 Å². The first kappa shape index (κ1) is 16.9. The number of carbonyl (C=O) groups is 1. The van der Waals surface area contributed by atoms with E-state index in [1.807, 2.05) is 31.2 Å². The van der Waals surface area contributed by atoms with Crippen LogP contribution in [0.3, 0.4) is 0 Å². The van der Waals surface area contributed by atoms with E-state index in [0.717, 1.165) is 12.8 Å². The summed E-state index contributed by atoms with van der Waals surface area (Å²) in [5.74, 6) is -0.0753. The third-order valence-electron chi connectivity index (χ3n) is 2.76. The topological polar surface area (TPSA) is 26.3 Å². The van der Waals surface area contributed by atoms with Crippen molar-refractivity contribution < 1.29 is 9.53 Å². The van der Waals surface area contributed by atoms with E-state index in [4.69, 9.17) is 4.74 Å². The molecular weight excluding hydrogens is 224 g/mol. The molecule has 0 rings (SSSR count). The van der Waals surface area contributed by atoms with Crippen LogP contribution in [0, 0.1) is 0 Å². The number of carbonyl (C=O) groups excluding carboxylic acids is 1. The zero-order chi connectivity index (χ0) is 13.5. The van der Waals surface area contributed by atoms with E-state index in [-0.39, 0.29) is 5.97 Å². The molecule has 0 bridgehead atoms. The molecule has 0 unspecified atom stereocenters. The molecule has 0 radical (unpaired) electrons. The maximum absolute atomic E-state index is 11.3. The molecule has 0 aliphatic carbocycles. The summed E-state index contributed by atoms with van der Waals surface area (Å²) in [6.07, 6.45) is 16.8. The van der Waals surface area contributed by atoms with Crippen LogP contribution in [-0.2, 0) is 9.53 Å². The third-order valence-corrected chi connectivity index (χ3v) is 2.76. The van der Waals surface area contributed by atoms with Crippen LogP contribution in [-0.4, -0.2) is 12.6 Å². The number of ether oxygens (including phenoxy) is 1. The SMILES string of the molecule is C/C=C/C=C\COC(=O)CCCCCCCCC. The predicted molar refractivity (Wildman–Crippen MR) is 77.5 cm³/mol. The fraction of sp³-hybridized carbons (Fsp3) is 0.688. The Morgan fingerprint density at radius 1 is 1.00 bits per heavy atom. The zero-order valence-electron chi connectivity index (χ0n) is 12.0. The van der Waals surface area contributed by atoms with E-state index in [2.05, 4.69) is 6.92 Å². The van der Waals surface area contributed by atoms with Gasteiger partial charge in [-0.05, 0) is 19.4 Å². The van der Waals surface area contributed by atoms with Gasteiger partial charge in [-0.3, -0.25) is 4.79 Å². The van der Waals surface area contributed by atoms with Gasteiger partial charge in [-0.1, -0.05) is 63.7 Å². The minimum atomic E-state index is -0.0753. The second-order valence-corrected chi connectivity index (χ2v) is 4.51. The van der Waals surface area contributed by atoms with Gasteiger partial charge in [-0.2, -0.15) is 0 Å². The van der Waals surface area contributed by atoms with Crippen molar-refractivity contribution in [2.24, 2.45) is 0 Å². The molecule has 18 heavy (non-hydrogen) atoms. The van der Waals surface area contributed by atoms with Gasteiger partial charge in [-0.15, -0.1) is 0 Å². The van der Waals surface area contributed by atoms with E-state index < -0.39 is 0 Å². The lowest BCUT2D eigenvalue weighted by molar-refractivity contribution is -0.142. The molecule has 0 N–H and O–H groups in total. The van der Waals surface area contributed by atoms with Crippen LogP contribution in [0.1, 0.15) is 65.2 Å². The second kappa shape index (κ2) is 14.0. The maximum atomic E-state index is 11.3. The Kier molecular flexibility index (Phi) is 13.2. The van der Waals surface area contributed by atoms with E-state index in [1.165, 1.54) is 32.1 Å². The first-order valence-corrected chi connectivity index (χ1v) is 7.24. The Bertz CT molecular complexity index is 241. The van der Waals surface area contributed by atoms with Crippen LogP contribution in [0.4, 0.5) is 0 Å². The highest BCUT2D eigenvalue weighted by Crippen LogP contribution is 2.08. The number of allylic oxidation sites excluding steroid dienone is 3. The largest absolute Gasteiger partial charge is 0.461 e. The molecule has 2 nitrogen and oxygen atoms in total. The minimum Gasteiger partial charge on any atom is -0.461 e. The zero-order valence-corrected chi connectivity index (χ0v) is 12.0. The van der Waals surface area contributed by atoms with Crippen molar-refractivity contribution in [2.45, 2.75) is 65.2 Å². The van der Waals surface area contributed by atoms with E-state index in [9.17, 15) is 4.79 Å². The fourth-order valence-corrected chi connectivity index (χ4v) is 1.68. The summed E-state index contributed by atoms with van der Waals surface area (Å²) >= 11 is 0. The van der Waals surface area contributed by atoms with Gasteiger partial charge in [0.25, 0.3) is 0 Å². The number of unbranched alkanes of at least 4 members (excludes halogenated alkanes) is 6. The number of rotatable bonds is 11. The first-order valence-electron chi connectivity index (χ1n) is 7.24. The van der Waals surface area contributed by atoms with Crippen LogP contribution in [0.25, 0.3) is 0 Å². The van der Waals surface area contributed by atoms with Gasteiger partial charge in [0.05, 0.1) is 0 Å². The molecule has 0 atom stereocenters. The molecule has 0 saturated carbocycles. The molecule has 0 saturated heterocycles. The van der Waals surface area contributed by atoms with Crippen molar-refractivity contribution in [1.82, 2.24) is 0 Å². The average Bonchev–Trinajstić information content (AvgIpc) is 2.37. The summed E-state index contributed by atoms with van der Waals surface area (Å²) in [6.45, 7) is 4.57. The smallest absolute Gasteiger partial charge is 0.306 e. The highest BCUT2D eigenvalue weighted by Gasteiger charge is 2.00. The molecule has 0 aromatic rings. The van der Waals surface area contributed by atoms with Gasteiger partial charge >= 0.3 is 5.97 Å². The molecule has 0 amide bonds. The molecule has 0 aromatic carbocycles. The molecule has 104 valence electrons. The molecular formula is C16H28O2. The Balaban J connectivity index is 3.26. The average molecular weight is 252 g/mol. The maximum Gasteiger partial charge on any atom is 0.306 e. The van der Waals surface area contributed by atoms with Crippen LogP contribution >= 0.6 is 0 Å². The monoisotopic (exact) mass is 252 g/mol. The Labute approximate surface area is 112 Å². The van der Waals surface area contributed by atoms with Crippen molar-refractivity contribution in [2.75, 3.05) is 6.61 Å². The van der Waals surface area contributed by atoms with Gasteiger partial charge in [0.1, 0.15) is 6.61 Å². The standard InChI is InChI=1S/C16H28O2/c1-3-5-7-9-10-11-12-14-16(17)18-15-13-8-6-4-2/h4,6,8,13H,3,5,7,9-12,14-15H2,1-2H3/b6-4+,13-8-. The Morgan fingerprint density at radius 3 is 2.33 bits per heavy atom. The van der Waals surface area contributed by atoms with Crippen LogP contribution in [0.5, 0.6) is 0 Å². The normalized spacial score (nSPS) is 11.4. The highest BCUT2D eigenvalue weighted by atomic mass is 16.5. The Hall–Kier alpha value is -1.05. The van der Waals surface area contributed by atoms with Gasteiger partial charge < -0.3 is 4.74 Å². The third kappa shape index (κ3) is 13.0. The van der Waals surface area contributed by atoms with Crippen molar-refractivity contribution >= 4 is 5.97 Å². The summed E-state index contributed by atoms with van der Waals surface area (Å²) in [7, 11) is 0. The quantitative estimate of drug-likeness (QED) is 0.300. The second-order valence-electron chi connectivity index (χ2n) is 4.51. The van der Waals surface area contributed by atoms with Gasteiger partial charge in [0.2, 0.25) is 0 Å². The van der Waals surface area contributed by atoms with Crippen molar-refractivity contribution in [3.05, 3.63) is 24.3 Å². The van der Waals surface area contributed by atoms with Crippen molar-refractivity contribution in [3.63, 3.8) is 0 Å². The summed E-state index contributed by atoms with van der Waals surface area (Å²) in [4.78, 5) is 11.3. The summed E-state index contributed by atoms with van der Waals surface area (Å²) in [6, 6.07) is 0. The molecule has 0 aliphatic heterocycles. The summed E-state index contributed by atoms with van der Waals surface area (Å²) in [5, 5.41) is 0. The molecule has 0 fully saturated rings. The van der Waals surface area contributed by atoms with Gasteiger partial charge in [-0.25, -0.2) is 0 Å². The molecule has 0 aromatic heterocycles. The van der Waals surface area contributed by atoms with Crippen molar-refractivity contribution in [3.8, 4) is 0 Å². The summed E-state index contributed by atoms with van der Waals surface area (Å²) in [5.41, 5.74) is 0. The minimum absolute atomic E-state index is 0.0753. The lowest BCUT2D eigenvalue weighted by atomic mass is 10.1. The molecule has 2 heteroatoms. The number of esters is 1.